The maximum Gasteiger partial charge on any atom is 0.308 e. The van der Waals surface area contributed by atoms with Crippen LogP contribution in [0, 0.1) is 23.6 Å². The van der Waals surface area contributed by atoms with Crippen molar-refractivity contribution in [3.05, 3.63) is 54.6 Å². The minimum atomic E-state index is -0.765. The minimum Gasteiger partial charge on any atom is -0.496 e. The molecule has 3 aliphatic rings. The number of benzene rings is 1. The van der Waals surface area contributed by atoms with Crippen molar-refractivity contribution in [3.63, 3.8) is 0 Å². The standard InChI is InChI=1S/C27H26FN5O3/c1-36-21-5-3-2-4-17(21)20-11-22(32-24-15-8-6-14(7-9-15)23(24)27(34)35)33-26(31-20)19-13-30-25-18(19)10-16(28)12-29-25/h2-5,10-15,23-24H,6-9H2,1H3,(H,29,30)(H,34,35)(H,31,32,33). The topological polar surface area (TPSA) is 113 Å². The second-order valence-corrected chi connectivity index (χ2v) is 9.62. The number of H-pyrrole nitrogens is 1. The number of rotatable bonds is 6. The summed E-state index contributed by atoms with van der Waals surface area (Å²) < 4.78 is 19.6. The highest BCUT2D eigenvalue weighted by molar-refractivity contribution is 5.92. The van der Waals surface area contributed by atoms with Gasteiger partial charge in [0.2, 0.25) is 0 Å². The summed E-state index contributed by atoms with van der Waals surface area (Å²) in [5.41, 5.74) is 2.53. The van der Waals surface area contributed by atoms with E-state index in [1.165, 1.54) is 6.07 Å². The van der Waals surface area contributed by atoms with E-state index in [0.29, 0.717) is 39.7 Å². The van der Waals surface area contributed by atoms with Crippen LogP contribution in [0.2, 0.25) is 0 Å². The lowest BCUT2D eigenvalue weighted by Crippen LogP contribution is -2.51. The van der Waals surface area contributed by atoms with Gasteiger partial charge in [-0.1, -0.05) is 12.1 Å². The normalized spacial score (nSPS) is 23.1. The van der Waals surface area contributed by atoms with Gasteiger partial charge in [0.05, 0.1) is 24.9 Å². The molecule has 2 atom stereocenters. The van der Waals surface area contributed by atoms with Crippen LogP contribution in [0.5, 0.6) is 5.75 Å². The summed E-state index contributed by atoms with van der Waals surface area (Å²) in [6, 6.07) is 10.6. The Morgan fingerprint density at radius 3 is 2.67 bits per heavy atom. The second kappa shape index (κ2) is 8.89. The molecule has 0 spiro atoms. The molecule has 184 valence electrons. The van der Waals surface area contributed by atoms with Crippen LogP contribution < -0.4 is 10.1 Å². The first kappa shape index (κ1) is 22.5. The quantitative estimate of drug-likeness (QED) is 0.345. The van der Waals surface area contributed by atoms with E-state index in [-0.39, 0.29) is 17.9 Å². The van der Waals surface area contributed by atoms with Crippen molar-refractivity contribution >= 4 is 22.8 Å². The predicted octanol–water partition coefficient (Wildman–Crippen LogP) is 5.14. The van der Waals surface area contributed by atoms with Crippen molar-refractivity contribution in [2.24, 2.45) is 17.8 Å². The molecule has 0 radical (unpaired) electrons. The van der Waals surface area contributed by atoms with E-state index in [4.69, 9.17) is 14.7 Å². The van der Waals surface area contributed by atoms with Crippen LogP contribution in [-0.4, -0.2) is 44.2 Å². The molecule has 0 aliphatic heterocycles. The van der Waals surface area contributed by atoms with Gasteiger partial charge in [0.25, 0.3) is 0 Å². The molecule has 9 heteroatoms. The van der Waals surface area contributed by atoms with Crippen molar-refractivity contribution < 1.29 is 19.0 Å². The largest absolute Gasteiger partial charge is 0.496 e. The molecular weight excluding hydrogens is 461 g/mol. The van der Waals surface area contributed by atoms with E-state index < -0.39 is 17.7 Å². The van der Waals surface area contributed by atoms with E-state index >= 15 is 0 Å². The predicted molar refractivity (Wildman–Crippen MR) is 133 cm³/mol. The third-order valence-electron chi connectivity index (χ3n) is 7.67. The van der Waals surface area contributed by atoms with Crippen molar-refractivity contribution in [3.8, 4) is 28.4 Å². The fourth-order valence-corrected chi connectivity index (χ4v) is 5.98. The summed E-state index contributed by atoms with van der Waals surface area (Å²) in [4.78, 5) is 29.0. The van der Waals surface area contributed by atoms with E-state index in [2.05, 4.69) is 15.3 Å². The van der Waals surface area contributed by atoms with Gasteiger partial charge in [-0.15, -0.1) is 0 Å². The molecular formula is C27H26FN5O3. The van der Waals surface area contributed by atoms with E-state index in [1.54, 1.807) is 13.3 Å². The number of hydrogen-bond donors (Lipinski definition) is 3. The molecule has 2 bridgehead atoms. The lowest BCUT2D eigenvalue weighted by atomic mass is 9.61. The SMILES string of the molecule is COc1ccccc1-c1cc(NC2C3CCC(CC3)C2C(=O)O)nc(-c2c[nH]c3ncc(F)cc23)n1. The van der Waals surface area contributed by atoms with E-state index in [1.807, 2.05) is 30.3 Å². The highest BCUT2D eigenvalue weighted by Gasteiger charge is 2.47. The lowest BCUT2D eigenvalue weighted by Gasteiger charge is -2.47. The van der Waals surface area contributed by atoms with Gasteiger partial charge in [-0.25, -0.2) is 19.3 Å². The molecule has 3 fully saturated rings. The second-order valence-electron chi connectivity index (χ2n) is 9.62. The van der Waals surface area contributed by atoms with Gasteiger partial charge in [-0.3, -0.25) is 4.79 Å². The van der Waals surface area contributed by atoms with Gasteiger partial charge in [0.1, 0.15) is 23.0 Å². The number of aromatic amines is 1. The van der Waals surface area contributed by atoms with Crippen LogP contribution in [0.25, 0.3) is 33.7 Å². The highest BCUT2D eigenvalue weighted by atomic mass is 19.1. The minimum absolute atomic E-state index is 0.169. The Balaban J connectivity index is 1.48. The zero-order valence-electron chi connectivity index (χ0n) is 19.7. The van der Waals surface area contributed by atoms with Gasteiger partial charge in [-0.05, 0) is 55.7 Å². The number of fused-ring (bicyclic) bond motifs is 4. The number of aromatic nitrogens is 4. The van der Waals surface area contributed by atoms with E-state index in [0.717, 1.165) is 37.4 Å². The average Bonchev–Trinajstić information content (AvgIpc) is 3.32. The fourth-order valence-electron chi connectivity index (χ4n) is 5.98. The summed E-state index contributed by atoms with van der Waals surface area (Å²) in [6.45, 7) is 0. The number of aliphatic carboxylic acids is 1. The summed E-state index contributed by atoms with van der Waals surface area (Å²) in [7, 11) is 1.60. The number of methoxy groups -OCH3 is 1. The zero-order chi connectivity index (χ0) is 24.8. The molecule has 36 heavy (non-hydrogen) atoms. The van der Waals surface area contributed by atoms with Gasteiger partial charge < -0.3 is 20.1 Å². The molecule has 4 aromatic rings. The molecule has 3 saturated carbocycles. The number of hydrogen-bond acceptors (Lipinski definition) is 6. The number of nitrogens with one attached hydrogen (secondary N) is 2. The van der Waals surface area contributed by atoms with Crippen molar-refractivity contribution in [1.82, 2.24) is 19.9 Å². The number of carboxylic acid groups (broad SMARTS) is 1. The van der Waals surface area contributed by atoms with Crippen molar-refractivity contribution in [1.29, 1.82) is 0 Å². The molecule has 0 amide bonds. The molecule has 3 aromatic heterocycles. The molecule has 1 aromatic carbocycles. The van der Waals surface area contributed by atoms with Gasteiger partial charge >= 0.3 is 5.97 Å². The molecule has 0 saturated heterocycles. The molecule has 3 heterocycles. The maximum atomic E-state index is 14.0. The number of carbonyl (C=O) groups is 1. The smallest absolute Gasteiger partial charge is 0.308 e. The van der Waals surface area contributed by atoms with Crippen LogP contribution in [-0.2, 0) is 4.79 Å². The first-order chi connectivity index (χ1) is 17.5. The van der Waals surface area contributed by atoms with Crippen LogP contribution in [0.15, 0.2) is 48.8 Å². The zero-order valence-corrected chi connectivity index (χ0v) is 19.7. The fraction of sp³-hybridized carbons (Fsp3) is 0.333. The summed E-state index contributed by atoms with van der Waals surface area (Å²) in [5, 5.41) is 14.1. The van der Waals surface area contributed by atoms with Crippen molar-refractivity contribution in [2.45, 2.75) is 31.7 Å². The molecule has 8 nitrogen and oxygen atoms in total. The van der Waals surface area contributed by atoms with Crippen molar-refractivity contribution in [2.75, 3.05) is 12.4 Å². The van der Waals surface area contributed by atoms with E-state index in [9.17, 15) is 14.3 Å². The third-order valence-corrected chi connectivity index (χ3v) is 7.67. The van der Waals surface area contributed by atoms with Crippen LogP contribution in [0.1, 0.15) is 25.7 Å². The Morgan fingerprint density at radius 2 is 1.89 bits per heavy atom. The molecule has 3 aliphatic carbocycles. The Hall–Kier alpha value is -4.01. The first-order valence-corrected chi connectivity index (χ1v) is 12.2. The number of pyridine rings is 1. The summed E-state index contributed by atoms with van der Waals surface area (Å²) >= 11 is 0. The number of para-hydroxylation sites is 1. The number of anilines is 1. The summed E-state index contributed by atoms with van der Waals surface area (Å²) in [5.74, 6) is 0.329. The van der Waals surface area contributed by atoms with Crippen LogP contribution >= 0.6 is 0 Å². The monoisotopic (exact) mass is 487 g/mol. The van der Waals surface area contributed by atoms with Crippen LogP contribution in [0.4, 0.5) is 10.2 Å². The average molecular weight is 488 g/mol. The number of halogens is 1. The Labute approximate surface area is 207 Å². The Morgan fingerprint density at radius 1 is 1.11 bits per heavy atom. The third kappa shape index (κ3) is 3.84. The Bertz CT molecular complexity index is 1450. The Kier molecular flexibility index (Phi) is 5.55. The first-order valence-electron chi connectivity index (χ1n) is 12.2. The van der Waals surface area contributed by atoms with Gasteiger partial charge in [0.15, 0.2) is 5.82 Å². The van der Waals surface area contributed by atoms with Gasteiger partial charge in [0, 0.05) is 34.8 Å². The summed E-state index contributed by atoms with van der Waals surface area (Å²) in [6.07, 6.45) is 6.80. The number of ether oxygens (including phenoxy) is 1. The molecule has 7 rings (SSSR count). The van der Waals surface area contributed by atoms with Gasteiger partial charge in [-0.2, -0.15) is 0 Å². The molecule has 3 N–H and O–H groups in total. The highest BCUT2D eigenvalue weighted by Crippen LogP contribution is 2.46. The maximum absolute atomic E-state index is 14.0. The molecule has 2 unspecified atom stereocenters. The van der Waals surface area contributed by atoms with Crippen LogP contribution in [0.3, 0.4) is 0 Å². The number of nitrogens with zero attached hydrogens (tertiary/aromatic N) is 3. The lowest BCUT2D eigenvalue weighted by molar-refractivity contribution is -0.148. The number of carboxylic acids is 1.